The first-order chi connectivity index (χ1) is 7.57. The van der Waals surface area contributed by atoms with Gasteiger partial charge in [0.15, 0.2) is 5.69 Å². The van der Waals surface area contributed by atoms with Gasteiger partial charge in [0.2, 0.25) is 0 Å². The molecule has 0 radical (unpaired) electrons. The number of carbonyl (C=O) groups excluding carboxylic acids is 1. The quantitative estimate of drug-likeness (QED) is 0.454. The summed E-state index contributed by atoms with van der Waals surface area (Å²) in [5.74, 6) is -0.412. The number of rotatable bonds is 5. The SMILES string of the molecule is CNCCNC(=O)c1ccc([N+](=O)[O-])n1C.Cl. The highest BCUT2D eigenvalue weighted by atomic mass is 35.5. The highest BCUT2D eigenvalue weighted by molar-refractivity contribution is 5.93. The molecule has 0 aliphatic carbocycles. The van der Waals surface area contributed by atoms with Crippen molar-refractivity contribution in [3.05, 3.63) is 27.9 Å². The fourth-order valence-electron chi connectivity index (χ4n) is 1.30. The summed E-state index contributed by atoms with van der Waals surface area (Å²) in [6.07, 6.45) is 0. The van der Waals surface area contributed by atoms with Crippen LogP contribution in [0.2, 0.25) is 0 Å². The van der Waals surface area contributed by atoms with Gasteiger partial charge < -0.3 is 20.7 Å². The van der Waals surface area contributed by atoms with Crippen molar-refractivity contribution in [1.82, 2.24) is 15.2 Å². The third-order valence-corrected chi connectivity index (χ3v) is 2.18. The number of nitro groups is 1. The van der Waals surface area contributed by atoms with E-state index in [2.05, 4.69) is 10.6 Å². The van der Waals surface area contributed by atoms with Gasteiger partial charge in [0.05, 0.1) is 7.05 Å². The summed E-state index contributed by atoms with van der Waals surface area (Å²) < 4.78 is 1.26. The number of halogens is 1. The van der Waals surface area contributed by atoms with Crippen LogP contribution in [0.3, 0.4) is 0 Å². The van der Waals surface area contributed by atoms with Gasteiger partial charge in [-0.3, -0.25) is 4.79 Å². The summed E-state index contributed by atoms with van der Waals surface area (Å²) in [7, 11) is 3.27. The minimum atomic E-state index is -0.523. The van der Waals surface area contributed by atoms with Gasteiger partial charge >= 0.3 is 5.82 Å². The van der Waals surface area contributed by atoms with E-state index in [0.29, 0.717) is 13.1 Å². The van der Waals surface area contributed by atoms with Crippen molar-refractivity contribution in [3.8, 4) is 0 Å². The summed E-state index contributed by atoms with van der Waals surface area (Å²) in [6.45, 7) is 1.13. The van der Waals surface area contributed by atoms with Gasteiger partial charge in [-0.05, 0) is 18.0 Å². The van der Waals surface area contributed by atoms with Gasteiger partial charge in [-0.1, -0.05) is 0 Å². The zero-order valence-corrected chi connectivity index (χ0v) is 10.4. The summed E-state index contributed by atoms with van der Waals surface area (Å²) in [5, 5.41) is 16.1. The second kappa shape index (κ2) is 6.87. The molecule has 96 valence electrons. The monoisotopic (exact) mass is 262 g/mol. The molecule has 0 aliphatic rings. The van der Waals surface area contributed by atoms with Crippen molar-refractivity contribution in [2.45, 2.75) is 0 Å². The number of nitrogens with one attached hydrogen (secondary N) is 2. The summed E-state index contributed by atoms with van der Waals surface area (Å²) in [6, 6.07) is 2.75. The Labute approximate surface area is 105 Å². The lowest BCUT2D eigenvalue weighted by molar-refractivity contribution is -0.391. The maximum absolute atomic E-state index is 11.6. The molecular formula is C9H15ClN4O3. The first kappa shape index (κ1) is 15.4. The minimum Gasteiger partial charge on any atom is -0.358 e. The number of hydrogen-bond donors (Lipinski definition) is 2. The van der Waals surface area contributed by atoms with E-state index in [9.17, 15) is 14.9 Å². The Balaban J connectivity index is 0.00000256. The van der Waals surface area contributed by atoms with E-state index in [4.69, 9.17) is 0 Å². The molecular weight excluding hydrogens is 248 g/mol. The average Bonchev–Trinajstić information content (AvgIpc) is 2.60. The van der Waals surface area contributed by atoms with Gasteiger partial charge in [0.25, 0.3) is 5.91 Å². The lowest BCUT2D eigenvalue weighted by Crippen LogP contribution is -2.31. The lowest BCUT2D eigenvalue weighted by Gasteiger charge is -2.03. The van der Waals surface area contributed by atoms with Crippen LogP contribution in [-0.4, -0.2) is 35.5 Å². The number of aromatic nitrogens is 1. The predicted molar refractivity (Wildman–Crippen MR) is 65.6 cm³/mol. The van der Waals surface area contributed by atoms with E-state index in [1.54, 1.807) is 7.05 Å². The minimum absolute atomic E-state index is 0. The van der Waals surface area contributed by atoms with E-state index in [1.807, 2.05) is 0 Å². The van der Waals surface area contributed by atoms with Gasteiger partial charge in [0, 0.05) is 19.2 Å². The Hall–Kier alpha value is -1.60. The number of likely N-dealkylation sites (N-methyl/N-ethyl adjacent to an activating group) is 1. The van der Waals surface area contributed by atoms with Crippen molar-refractivity contribution < 1.29 is 9.72 Å². The fourth-order valence-corrected chi connectivity index (χ4v) is 1.30. The predicted octanol–water partition coefficient (Wildman–Crippen LogP) is 0.304. The molecule has 1 amide bonds. The van der Waals surface area contributed by atoms with Crippen LogP contribution in [0.15, 0.2) is 12.1 Å². The molecule has 0 aliphatic heterocycles. The molecule has 0 fully saturated rings. The molecule has 0 saturated carbocycles. The van der Waals surface area contributed by atoms with Crippen molar-refractivity contribution in [3.63, 3.8) is 0 Å². The molecule has 0 spiro atoms. The molecule has 0 aromatic carbocycles. The fraction of sp³-hybridized carbons (Fsp3) is 0.444. The Morgan fingerprint density at radius 3 is 2.59 bits per heavy atom. The van der Waals surface area contributed by atoms with Crippen LogP contribution < -0.4 is 10.6 Å². The van der Waals surface area contributed by atoms with Gasteiger partial charge in [0.1, 0.15) is 0 Å². The molecule has 17 heavy (non-hydrogen) atoms. The smallest absolute Gasteiger partial charge is 0.323 e. The summed E-state index contributed by atoms with van der Waals surface area (Å²) >= 11 is 0. The van der Waals surface area contributed by atoms with Crippen molar-refractivity contribution in [1.29, 1.82) is 0 Å². The van der Waals surface area contributed by atoms with E-state index < -0.39 is 4.92 Å². The third kappa shape index (κ3) is 3.72. The van der Waals surface area contributed by atoms with Crippen molar-refractivity contribution in [2.75, 3.05) is 20.1 Å². The summed E-state index contributed by atoms with van der Waals surface area (Å²) in [4.78, 5) is 21.6. The highest BCUT2D eigenvalue weighted by Gasteiger charge is 2.19. The molecule has 7 nitrogen and oxygen atoms in total. The largest absolute Gasteiger partial charge is 0.358 e. The molecule has 1 aromatic heterocycles. The highest BCUT2D eigenvalue weighted by Crippen LogP contribution is 2.14. The molecule has 0 unspecified atom stereocenters. The zero-order chi connectivity index (χ0) is 12.1. The number of hydrogen-bond acceptors (Lipinski definition) is 4. The second-order valence-electron chi connectivity index (χ2n) is 3.25. The first-order valence-corrected chi connectivity index (χ1v) is 4.81. The van der Waals surface area contributed by atoms with Crippen LogP contribution in [-0.2, 0) is 7.05 Å². The Morgan fingerprint density at radius 1 is 1.47 bits per heavy atom. The van der Waals surface area contributed by atoms with Crippen LogP contribution in [0, 0.1) is 10.1 Å². The van der Waals surface area contributed by atoms with E-state index in [0.717, 1.165) is 0 Å². The molecule has 1 aromatic rings. The molecule has 0 atom stereocenters. The standard InChI is InChI=1S/C9H14N4O3.ClH/c1-10-5-6-11-9(14)7-3-4-8(12(7)2)13(15)16;/h3-4,10H,5-6H2,1-2H3,(H,11,14);1H. The van der Waals surface area contributed by atoms with Gasteiger partial charge in [-0.25, -0.2) is 4.57 Å². The lowest BCUT2D eigenvalue weighted by atomic mass is 10.4. The Kier molecular flexibility index (Phi) is 6.22. The molecule has 8 heteroatoms. The maximum atomic E-state index is 11.6. The zero-order valence-electron chi connectivity index (χ0n) is 9.60. The van der Waals surface area contributed by atoms with Gasteiger partial charge in [-0.15, -0.1) is 12.4 Å². The van der Waals surface area contributed by atoms with Crippen LogP contribution in [0.1, 0.15) is 10.5 Å². The van der Waals surface area contributed by atoms with Crippen LogP contribution in [0.4, 0.5) is 5.82 Å². The Morgan fingerprint density at radius 2 is 2.12 bits per heavy atom. The first-order valence-electron chi connectivity index (χ1n) is 4.81. The maximum Gasteiger partial charge on any atom is 0.323 e. The second-order valence-corrected chi connectivity index (χ2v) is 3.25. The van der Waals surface area contributed by atoms with Crippen LogP contribution in [0.5, 0.6) is 0 Å². The average molecular weight is 263 g/mol. The van der Waals surface area contributed by atoms with Gasteiger partial charge in [-0.2, -0.15) is 0 Å². The third-order valence-electron chi connectivity index (χ3n) is 2.18. The van der Waals surface area contributed by atoms with Crippen LogP contribution in [0.25, 0.3) is 0 Å². The molecule has 0 saturated heterocycles. The number of carbonyl (C=O) groups is 1. The topological polar surface area (TPSA) is 89.2 Å². The Bertz CT molecular complexity index is 405. The van der Waals surface area contributed by atoms with Crippen molar-refractivity contribution in [2.24, 2.45) is 7.05 Å². The van der Waals surface area contributed by atoms with E-state index >= 15 is 0 Å². The molecule has 2 N–H and O–H groups in total. The molecule has 0 bridgehead atoms. The number of nitrogens with zero attached hydrogens (tertiary/aromatic N) is 2. The summed E-state index contributed by atoms with van der Waals surface area (Å²) in [5.41, 5.74) is 0.280. The molecule has 1 rings (SSSR count). The number of amides is 1. The van der Waals surface area contributed by atoms with E-state index in [-0.39, 0.29) is 29.8 Å². The van der Waals surface area contributed by atoms with E-state index in [1.165, 1.54) is 23.7 Å². The van der Waals surface area contributed by atoms with Crippen molar-refractivity contribution >= 4 is 24.1 Å². The molecule has 1 heterocycles. The van der Waals surface area contributed by atoms with Crippen LogP contribution >= 0.6 is 12.4 Å². The normalized spacial score (nSPS) is 9.53.